The molecule has 0 unspecified atom stereocenters. The maximum absolute atomic E-state index is 11.0. The van der Waals surface area contributed by atoms with Gasteiger partial charge in [0.25, 0.3) is 0 Å². The Kier molecular flexibility index (Phi) is 19.1. The molecule has 5 nitrogen and oxygen atoms in total. The molecule has 0 saturated carbocycles. The number of hydrogen-bond acceptors (Lipinski definition) is 5. The molecule has 1 aromatic carbocycles. The Hall–Kier alpha value is -0.270. The molecule has 0 amide bonds. The number of rotatable bonds is 19. The molecule has 0 aliphatic rings. The molecule has 0 radical (unpaired) electrons. The first-order valence-electron chi connectivity index (χ1n) is 12.0. The average Bonchev–Trinajstić information content (AvgIpc) is 2.70. The van der Waals surface area contributed by atoms with Gasteiger partial charge in [-0.05, 0) is 24.6 Å². The zero-order valence-electron chi connectivity index (χ0n) is 20.0. The Morgan fingerprint density at radius 1 is 0.774 bits per heavy atom. The van der Waals surface area contributed by atoms with Crippen molar-refractivity contribution < 1.29 is 42.5 Å². The van der Waals surface area contributed by atoms with Crippen LogP contribution in [0.2, 0.25) is 0 Å². The van der Waals surface area contributed by atoms with Crippen molar-refractivity contribution in [3.05, 3.63) is 18.2 Å². The van der Waals surface area contributed by atoms with Crippen LogP contribution in [0, 0.1) is 0 Å². The molecule has 0 aliphatic heterocycles. The summed E-state index contributed by atoms with van der Waals surface area (Å²) in [7, 11) is -4.45. The second kappa shape index (κ2) is 19.2. The van der Waals surface area contributed by atoms with Gasteiger partial charge < -0.3 is 15.6 Å². The van der Waals surface area contributed by atoms with E-state index in [9.17, 15) is 13.0 Å². The van der Waals surface area contributed by atoms with Gasteiger partial charge in [-0.15, -0.1) is 0 Å². The molecule has 0 aliphatic carbocycles. The summed E-state index contributed by atoms with van der Waals surface area (Å²) in [5.74, 6) is 0. The second-order valence-electron chi connectivity index (χ2n) is 8.43. The number of unbranched alkanes of at least 4 members (excludes halogenated alkanes) is 15. The van der Waals surface area contributed by atoms with E-state index in [0.717, 1.165) is 13.0 Å². The number of nitrogens with one attached hydrogen (secondary N) is 1. The third kappa shape index (κ3) is 16.1. The van der Waals surface area contributed by atoms with E-state index in [2.05, 4.69) is 12.2 Å². The van der Waals surface area contributed by atoms with Crippen molar-refractivity contribution in [1.82, 2.24) is 0 Å². The minimum atomic E-state index is -4.45. The molecule has 0 atom stereocenters. The van der Waals surface area contributed by atoms with Gasteiger partial charge >= 0.3 is 29.6 Å². The van der Waals surface area contributed by atoms with Gasteiger partial charge in [0.05, 0.1) is 16.3 Å². The summed E-state index contributed by atoms with van der Waals surface area (Å²) in [5.41, 5.74) is 6.80. The predicted octanol–water partition coefficient (Wildman–Crippen LogP) is 3.85. The summed E-state index contributed by atoms with van der Waals surface area (Å²) < 4.78 is 33.0. The molecular weight excluding hydrogens is 419 g/mol. The smallest absolute Gasteiger partial charge is 0.744 e. The maximum Gasteiger partial charge on any atom is 1.00 e. The van der Waals surface area contributed by atoms with Gasteiger partial charge in [-0.3, -0.25) is 0 Å². The zero-order chi connectivity index (χ0) is 22.1. The van der Waals surface area contributed by atoms with Crippen molar-refractivity contribution in [3.63, 3.8) is 0 Å². The quantitative estimate of drug-likeness (QED) is 0.141. The van der Waals surface area contributed by atoms with Crippen LogP contribution in [-0.2, 0) is 10.1 Å². The zero-order valence-corrected chi connectivity index (χ0v) is 22.8. The molecule has 0 heterocycles. The van der Waals surface area contributed by atoms with Crippen LogP contribution < -0.4 is 40.6 Å². The van der Waals surface area contributed by atoms with Crippen LogP contribution in [0.3, 0.4) is 0 Å². The van der Waals surface area contributed by atoms with E-state index < -0.39 is 10.1 Å². The van der Waals surface area contributed by atoms with E-state index in [0.29, 0.717) is 11.4 Å². The fourth-order valence-electron chi connectivity index (χ4n) is 3.75. The first kappa shape index (κ1) is 30.7. The van der Waals surface area contributed by atoms with Gasteiger partial charge in [0.1, 0.15) is 10.1 Å². The van der Waals surface area contributed by atoms with E-state index in [1.54, 1.807) is 6.07 Å². The SMILES string of the molecule is CCCCCCCCCCCCCCCCCCNc1ccc(S(=O)(=O)[O-])cc1N.[Na+]. The van der Waals surface area contributed by atoms with Crippen molar-refractivity contribution in [3.8, 4) is 0 Å². The molecular formula is C24H43N2NaO3S. The largest absolute Gasteiger partial charge is 1.00 e. The fraction of sp³-hybridized carbons (Fsp3) is 0.750. The Morgan fingerprint density at radius 3 is 1.58 bits per heavy atom. The predicted molar refractivity (Wildman–Crippen MR) is 127 cm³/mol. The first-order valence-corrected chi connectivity index (χ1v) is 13.4. The summed E-state index contributed by atoms with van der Waals surface area (Å²) in [4.78, 5) is -0.284. The van der Waals surface area contributed by atoms with Gasteiger partial charge in [-0.2, -0.15) is 0 Å². The third-order valence-corrected chi connectivity index (χ3v) is 6.49. The molecule has 174 valence electrons. The second-order valence-corrected chi connectivity index (χ2v) is 9.81. The van der Waals surface area contributed by atoms with Gasteiger partial charge in [0.2, 0.25) is 0 Å². The number of hydrogen-bond donors (Lipinski definition) is 2. The maximum atomic E-state index is 11.0. The van der Waals surface area contributed by atoms with Crippen LogP contribution in [0.25, 0.3) is 0 Å². The Bertz CT molecular complexity index is 669. The van der Waals surface area contributed by atoms with Crippen LogP contribution in [0.4, 0.5) is 11.4 Å². The molecule has 0 aromatic heterocycles. The van der Waals surface area contributed by atoms with Crippen LogP contribution in [-0.4, -0.2) is 19.5 Å². The van der Waals surface area contributed by atoms with E-state index >= 15 is 0 Å². The molecule has 0 spiro atoms. The first-order chi connectivity index (χ1) is 14.4. The number of nitrogen functional groups attached to an aromatic ring is 1. The van der Waals surface area contributed by atoms with Crippen LogP contribution in [0.15, 0.2) is 23.1 Å². The van der Waals surface area contributed by atoms with Crippen LogP contribution in [0.1, 0.15) is 110 Å². The molecule has 3 N–H and O–H groups in total. The summed E-state index contributed by atoms with van der Waals surface area (Å²) >= 11 is 0. The van der Waals surface area contributed by atoms with Gasteiger partial charge in [-0.1, -0.05) is 103 Å². The molecule has 1 rings (SSSR count). The van der Waals surface area contributed by atoms with Crippen LogP contribution in [0.5, 0.6) is 0 Å². The monoisotopic (exact) mass is 462 g/mol. The van der Waals surface area contributed by atoms with E-state index in [1.165, 1.54) is 108 Å². The minimum absolute atomic E-state index is 0. The summed E-state index contributed by atoms with van der Waals surface area (Å²) in [5, 5.41) is 3.22. The van der Waals surface area contributed by atoms with Crippen molar-refractivity contribution in [2.45, 2.75) is 115 Å². The molecule has 0 fully saturated rings. The number of anilines is 2. The van der Waals surface area contributed by atoms with Crippen molar-refractivity contribution in [2.75, 3.05) is 17.6 Å². The molecule has 0 saturated heterocycles. The van der Waals surface area contributed by atoms with Crippen molar-refractivity contribution >= 4 is 21.5 Å². The summed E-state index contributed by atoms with van der Waals surface area (Å²) in [6.07, 6.45) is 21.5. The number of nitrogens with two attached hydrogens (primary N) is 1. The molecule has 7 heteroatoms. The van der Waals surface area contributed by atoms with Gasteiger partial charge in [0.15, 0.2) is 0 Å². The van der Waals surface area contributed by atoms with E-state index in [-0.39, 0.29) is 34.5 Å². The van der Waals surface area contributed by atoms with E-state index in [1.807, 2.05) is 0 Å². The number of benzene rings is 1. The summed E-state index contributed by atoms with van der Waals surface area (Å²) in [6, 6.07) is 4.08. The van der Waals surface area contributed by atoms with Crippen molar-refractivity contribution in [1.29, 1.82) is 0 Å². The summed E-state index contributed by atoms with van der Waals surface area (Å²) in [6.45, 7) is 3.07. The Balaban J connectivity index is 0.00000900. The fourth-order valence-corrected chi connectivity index (χ4v) is 4.26. The molecule has 0 bridgehead atoms. The average molecular weight is 463 g/mol. The minimum Gasteiger partial charge on any atom is -0.744 e. The third-order valence-electron chi connectivity index (χ3n) is 5.66. The van der Waals surface area contributed by atoms with Gasteiger partial charge in [0, 0.05) is 6.54 Å². The van der Waals surface area contributed by atoms with E-state index in [4.69, 9.17) is 5.73 Å². The molecule has 1 aromatic rings. The topological polar surface area (TPSA) is 95.2 Å². The normalized spacial score (nSPS) is 11.3. The van der Waals surface area contributed by atoms with Crippen LogP contribution >= 0.6 is 0 Å². The Labute approximate surface area is 213 Å². The Morgan fingerprint density at radius 2 is 1.19 bits per heavy atom. The van der Waals surface area contributed by atoms with Crippen molar-refractivity contribution in [2.24, 2.45) is 0 Å². The van der Waals surface area contributed by atoms with Gasteiger partial charge in [-0.25, -0.2) is 8.42 Å². The molecule has 31 heavy (non-hydrogen) atoms. The standard InChI is InChI=1S/C24H44N2O3S.Na/c1-2-3-4-5-6-7-8-9-10-11-12-13-14-15-16-17-20-26-24-19-18-22(21-23(24)25)30(27,28)29;/h18-19,21,26H,2-17,20,25H2,1H3,(H,27,28,29);/q;+1/p-1.